The molecule has 0 spiro atoms. The van der Waals surface area contributed by atoms with E-state index in [-0.39, 0.29) is 12.1 Å². The van der Waals surface area contributed by atoms with Crippen LogP contribution in [0.1, 0.15) is 28.2 Å². The van der Waals surface area contributed by atoms with E-state index in [4.69, 9.17) is 21.7 Å². The zero-order valence-electron chi connectivity index (χ0n) is 35.1. The van der Waals surface area contributed by atoms with E-state index in [9.17, 15) is 19.7 Å². The second-order valence-corrected chi connectivity index (χ2v) is 15.5. The van der Waals surface area contributed by atoms with E-state index in [2.05, 4.69) is 94.7 Å². The fraction of sp³-hybridized carbons (Fsp3) is 0.137. The number of aromatic nitrogens is 3. The average Bonchev–Trinajstić information content (AvgIpc) is 3.93. The van der Waals surface area contributed by atoms with Crippen LogP contribution in [0, 0.1) is 30.9 Å². The minimum absolute atomic E-state index is 0.0205. The lowest BCUT2D eigenvalue weighted by Crippen LogP contribution is -2.32. The quantitative estimate of drug-likeness (QED) is 0.0518. The van der Waals surface area contributed by atoms with Gasteiger partial charge in [0.05, 0.1) is 15.8 Å². The van der Waals surface area contributed by atoms with Gasteiger partial charge in [-0.1, -0.05) is 115 Å². The Morgan fingerprint density at radius 3 is 1.56 bits per heavy atom. The number of carboxylic acids is 2. The van der Waals surface area contributed by atoms with Crippen LogP contribution in [0.15, 0.2) is 146 Å². The maximum absolute atomic E-state index is 11.6. The van der Waals surface area contributed by atoms with Gasteiger partial charge in [0.1, 0.15) is 12.1 Å². The maximum atomic E-state index is 11.6. The average molecular weight is 841 g/mol. The number of nitrogens with one attached hydrogen (secondary N) is 3. The third kappa shape index (κ3) is 9.89. The molecule has 0 aliphatic heterocycles. The Morgan fingerprint density at radius 2 is 1.02 bits per heavy atom. The lowest BCUT2D eigenvalue weighted by atomic mass is 9.98. The molecule has 9 rings (SSSR count). The van der Waals surface area contributed by atoms with E-state index in [0.29, 0.717) is 28.6 Å². The van der Waals surface area contributed by atoms with Gasteiger partial charge in [0.15, 0.2) is 0 Å². The number of aliphatic carboxylic acids is 2. The first-order valence-corrected chi connectivity index (χ1v) is 20.4. The molecule has 0 saturated carbocycles. The molecular weight excluding hydrogens is 793 g/mol. The molecule has 6 aromatic carbocycles. The number of fused-ring (bicyclic) bond motifs is 3. The topological polar surface area (TPSA) is 217 Å². The van der Waals surface area contributed by atoms with Crippen molar-refractivity contribution < 1.29 is 24.7 Å². The highest BCUT2D eigenvalue weighted by Gasteiger charge is 2.24. The van der Waals surface area contributed by atoms with E-state index in [1.807, 2.05) is 73.7 Å². The third-order valence-corrected chi connectivity index (χ3v) is 11.1. The van der Waals surface area contributed by atoms with Gasteiger partial charge in [-0.05, 0) is 94.9 Å². The number of rotatable bonds is 10. The molecule has 3 heterocycles. The second-order valence-electron chi connectivity index (χ2n) is 15.5. The number of nitrogens with zero attached hydrogens (tertiary/aromatic N) is 1. The summed E-state index contributed by atoms with van der Waals surface area (Å²) in [5.74, 6) is -2.12. The number of nitrogens with two attached hydrogens (primary N) is 2. The molecule has 0 radical (unpaired) electrons. The Labute approximate surface area is 363 Å². The Hall–Kier alpha value is -7.80. The van der Waals surface area contributed by atoms with Crippen LogP contribution in [0.3, 0.4) is 0 Å². The number of hydrogen-bond donors (Lipinski definition) is 7. The maximum Gasteiger partial charge on any atom is 0.320 e. The molecule has 0 saturated heterocycles. The van der Waals surface area contributed by atoms with Gasteiger partial charge in [-0.3, -0.25) is 19.7 Å². The van der Waals surface area contributed by atoms with E-state index >= 15 is 0 Å². The van der Waals surface area contributed by atoms with Crippen LogP contribution < -0.4 is 11.5 Å². The smallest absolute Gasteiger partial charge is 0.320 e. The van der Waals surface area contributed by atoms with Gasteiger partial charge in [0.2, 0.25) is 0 Å². The molecule has 0 bridgehead atoms. The normalized spacial score (nSPS) is 12.0. The Bertz CT molecular complexity index is 3060. The summed E-state index contributed by atoms with van der Waals surface area (Å²) < 4.78 is 0. The predicted octanol–water partition coefficient (Wildman–Crippen LogP) is 10.2. The van der Waals surface area contributed by atoms with Crippen LogP contribution in [-0.2, 0) is 22.4 Å². The Balaban J connectivity index is 0.000000145. The number of aromatic amines is 3. The van der Waals surface area contributed by atoms with Crippen molar-refractivity contribution in [3.63, 3.8) is 0 Å². The summed E-state index contributed by atoms with van der Waals surface area (Å²) in [7, 11) is 0. The van der Waals surface area contributed by atoms with Crippen molar-refractivity contribution in [2.45, 2.75) is 45.7 Å². The minimum atomic E-state index is -1.14. The highest BCUT2D eigenvalue weighted by molar-refractivity contribution is 5.97. The van der Waals surface area contributed by atoms with Crippen LogP contribution in [0.2, 0.25) is 0 Å². The Kier molecular flexibility index (Phi) is 13.0. The zero-order chi connectivity index (χ0) is 44.8. The van der Waals surface area contributed by atoms with Crippen LogP contribution in [0.5, 0.6) is 0 Å². The van der Waals surface area contributed by atoms with Crippen LogP contribution in [0.25, 0.3) is 66.1 Å². The summed E-state index contributed by atoms with van der Waals surface area (Å²) >= 11 is 0. The molecular formula is C51H48N6O6. The summed E-state index contributed by atoms with van der Waals surface area (Å²) in [5, 5.41) is 32.4. The molecule has 0 aliphatic carbocycles. The highest BCUT2D eigenvalue weighted by atomic mass is 16.6. The molecule has 9 N–H and O–H groups in total. The summed E-state index contributed by atoms with van der Waals surface area (Å²) in [5.41, 5.74) is 24.8. The van der Waals surface area contributed by atoms with Crippen molar-refractivity contribution in [1.82, 2.24) is 15.0 Å². The number of benzene rings is 6. The van der Waals surface area contributed by atoms with Crippen LogP contribution in [-0.4, -0.2) is 54.1 Å². The van der Waals surface area contributed by atoms with Crippen molar-refractivity contribution in [2.75, 3.05) is 0 Å². The second kappa shape index (κ2) is 18.9. The molecule has 12 nitrogen and oxygen atoms in total. The lowest BCUT2D eigenvalue weighted by Gasteiger charge is -2.08. The number of hydrogen-bond acceptors (Lipinski definition) is 6. The highest BCUT2D eigenvalue weighted by Crippen LogP contribution is 2.36. The minimum Gasteiger partial charge on any atom is -0.480 e. The molecule has 318 valence electrons. The fourth-order valence-electron chi connectivity index (χ4n) is 7.86. The lowest BCUT2D eigenvalue weighted by molar-refractivity contribution is -0.383. The van der Waals surface area contributed by atoms with Crippen molar-refractivity contribution in [1.29, 1.82) is 0 Å². The summed E-state index contributed by atoms with van der Waals surface area (Å²) in [6.07, 6.45) is 0.346. The van der Waals surface area contributed by atoms with Crippen molar-refractivity contribution in [3.05, 3.63) is 184 Å². The van der Waals surface area contributed by atoms with Gasteiger partial charge >= 0.3 is 11.9 Å². The third-order valence-electron chi connectivity index (χ3n) is 11.1. The molecule has 0 fully saturated rings. The van der Waals surface area contributed by atoms with E-state index in [1.54, 1.807) is 6.92 Å². The van der Waals surface area contributed by atoms with Crippen LogP contribution in [0.4, 0.5) is 5.69 Å². The zero-order valence-corrected chi connectivity index (χ0v) is 35.1. The Morgan fingerprint density at radius 1 is 0.556 bits per heavy atom. The summed E-state index contributed by atoms with van der Waals surface area (Å²) in [4.78, 5) is 43.0. The predicted molar refractivity (Wildman–Crippen MR) is 251 cm³/mol. The molecule has 2 unspecified atom stereocenters. The van der Waals surface area contributed by atoms with E-state index in [1.165, 1.54) is 33.8 Å². The molecule has 3 aromatic heterocycles. The standard InChI is InChI=1S/C18H17N3O4.C18H18N2O2.C15H13N/c1-10-13(9-14(19)18(22)23)17-15(20-10)7-12(8-16(17)21(24)25)11-5-3-2-4-6-11;1-11-15(10-16(19)18(21)22)14-8-7-13(9-17(14)20-11)12-5-3-2-4-6-12;1-11-9-14-8-7-13(10-15(14)16-11)12-5-3-2-4-6-12/h2-8,14,20H,9,19H2,1H3,(H,22,23);2-9,16,20H,10,19H2,1H3,(H,21,22);2-10,16H,1H3. The number of non-ortho nitro benzene ring substituents is 1. The summed E-state index contributed by atoms with van der Waals surface area (Å²) in [6.45, 7) is 5.80. The summed E-state index contributed by atoms with van der Waals surface area (Å²) in [6, 6.07) is 46.2. The molecule has 12 heteroatoms. The fourth-order valence-corrected chi connectivity index (χ4v) is 7.86. The molecule has 63 heavy (non-hydrogen) atoms. The van der Waals surface area contributed by atoms with Gasteiger partial charge in [0.25, 0.3) is 5.69 Å². The first-order chi connectivity index (χ1) is 30.3. The van der Waals surface area contributed by atoms with Gasteiger partial charge < -0.3 is 36.6 Å². The first-order valence-electron chi connectivity index (χ1n) is 20.4. The van der Waals surface area contributed by atoms with Crippen molar-refractivity contribution in [3.8, 4) is 33.4 Å². The van der Waals surface area contributed by atoms with Crippen molar-refractivity contribution >= 4 is 50.3 Å². The molecule has 2 atom stereocenters. The number of nitro groups is 1. The monoisotopic (exact) mass is 840 g/mol. The number of carbonyl (C=O) groups is 2. The number of carboxylic acid groups (broad SMARTS) is 2. The molecule has 0 amide bonds. The first kappa shape index (κ1) is 43.3. The van der Waals surface area contributed by atoms with E-state index < -0.39 is 28.9 Å². The molecule has 0 aliphatic rings. The van der Waals surface area contributed by atoms with Gasteiger partial charge in [-0.25, -0.2) is 0 Å². The van der Waals surface area contributed by atoms with Gasteiger partial charge in [-0.15, -0.1) is 0 Å². The van der Waals surface area contributed by atoms with Gasteiger partial charge in [-0.2, -0.15) is 0 Å². The largest absolute Gasteiger partial charge is 0.480 e. The van der Waals surface area contributed by atoms with Crippen molar-refractivity contribution in [2.24, 2.45) is 11.5 Å². The number of nitro benzene ring substituents is 1. The number of H-pyrrole nitrogens is 3. The molecule has 9 aromatic rings. The SMILES string of the molecule is Cc1[nH]c2cc(-c3ccccc3)cc([N+](=O)[O-])c2c1CC(N)C(=O)O.Cc1[nH]c2cc(-c3ccccc3)ccc2c1CC(N)C(=O)O.Cc1cc2ccc(-c3ccccc3)cc2[nH]1. The van der Waals surface area contributed by atoms with E-state index in [0.717, 1.165) is 44.4 Å². The van der Waals surface area contributed by atoms with Crippen LogP contribution >= 0.6 is 0 Å². The van der Waals surface area contributed by atoms with Gasteiger partial charge in [0, 0.05) is 52.4 Å². The number of aryl methyl sites for hydroxylation is 3.